The van der Waals surface area contributed by atoms with Crippen molar-refractivity contribution in [3.63, 3.8) is 0 Å². The van der Waals surface area contributed by atoms with E-state index >= 15 is 0 Å². The molecule has 1 fully saturated rings. The first-order chi connectivity index (χ1) is 16.5. The molecular formula is C28H31Cl2N3O. The quantitative estimate of drug-likeness (QED) is 0.457. The van der Waals surface area contributed by atoms with Crippen molar-refractivity contribution >= 4 is 29.1 Å². The summed E-state index contributed by atoms with van der Waals surface area (Å²) in [4.78, 5) is 17.3. The molecular weight excluding hydrogens is 465 g/mol. The number of carbonyl (C=O) groups excluding carboxylic acids is 1. The van der Waals surface area contributed by atoms with Crippen molar-refractivity contribution in [3.8, 4) is 0 Å². The van der Waals surface area contributed by atoms with Crippen LogP contribution in [0.25, 0.3) is 0 Å². The summed E-state index contributed by atoms with van der Waals surface area (Å²) in [5.41, 5.74) is 10.7. The van der Waals surface area contributed by atoms with Gasteiger partial charge in [0.2, 0.25) is 0 Å². The van der Waals surface area contributed by atoms with Crippen LogP contribution in [0.15, 0.2) is 73.0 Å². The number of nitrogens with two attached hydrogens (primary N) is 1. The molecule has 1 amide bonds. The Hall–Kier alpha value is -2.53. The summed E-state index contributed by atoms with van der Waals surface area (Å²) in [6, 6.07) is 11.8. The predicted molar refractivity (Wildman–Crippen MR) is 141 cm³/mol. The van der Waals surface area contributed by atoms with Crippen molar-refractivity contribution in [1.29, 1.82) is 0 Å². The minimum Gasteiger partial charge on any atom is -0.405 e. The van der Waals surface area contributed by atoms with E-state index in [9.17, 15) is 4.79 Å². The SMILES string of the molecule is C=C/C=C(\C=C/N)CN1CCC(Cc2cc(Cl)c3c(c2)CN(Cc2ccc(Cl)cc2)C3=O)CC1. The lowest BCUT2D eigenvalue weighted by atomic mass is 9.89. The normalized spacial score (nSPS) is 17.5. The van der Waals surface area contributed by atoms with Crippen molar-refractivity contribution in [2.75, 3.05) is 19.6 Å². The number of rotatable bonds is 8. The Kier molecular flexibility index (Phi) is 8.15. The van der Waals surface area contributed by atoms with Gasteiger partial charge in [-0.15, -0.1) is 0 Å². The van der Waals surface area contributed by atoms with Gasteiger partial charge in [0.1, 0.15) is 0 Å². The first-order valence-electron chi connectivity index (χ1n) is 11.7. The molecule has 0 atom stereocenters. The van der Waals surface area contributed by atoms with Crippen molar-refractivity contribution in [2.24, 2.45) is 11.7 Å². The molecule has 2 aliphatic heterocycles. The molecule has 0 aromatic heterocycles. The topological polar surface area (TPSA) is 49.6 Å². The smallest absolute Gasteiger partial charge is 0.256 e. The number of carbonyl (C=O) groups is 1. The van der Waals surface area contributed by atoms with Crippen LogP contribution in [0.1, 0.15) is 39.9 Å². The van der Waals surface area contributed by atoms with E-state index < -0.39 is 0 Å². The van der Waals surface area contributed by atoms with E-state index in [0.717, 1.165) is 50.0 Å². The van der Waals surface area contributed by atoms with Gasteiger partial charge < -0.3 is 10.6 Å². The number of hydrogen-bond donors (Lipinski definition) is 1. The van der Waals surface area contributed by atoms with Gasteiger partial charge in [-0.25, -0.2) is 0 Å². The van der Waals surface area contributed by atoms with E-state index in [1.807, 2.05) is 47.4 Å². The highest BCUT2D eigenvalue weighted by molar-refractivity contribution is 6.34. The average molecular weight is 496 g/mol. The Morgan fingerprint density at radius 2 is 1.85 bits per heavy atom. The van der Waals surface area contributed by atoms with Gasteiger partial charge in [-0.1, -0.05) is 60.1 Å². The van der Waals surface area contributed by atoms with Crippen LogP contribution in [0.4, 0.5) is 0 Å². The molecule has 0 saturated carbocycles. The van der Waals surface area contributed by atoms with Crippen molar-refractivity contribution in [2.45, 2.75) is 32.4 Å². The van der Waals surface area contributed by atoms with Gasteiger partial charge in [-0.2, -0.15) is 0 Å². The van der Waals surface area contributed by atoms with Crippen LogP contribution < -0.4 is 5.73 Å². The molecule has 0 unspecified atom stereocenters. The number of allylic oxidation sites excluding steroid dienone is 2. The van der Waals surface area contributed by atoms with Gasteiger partial charge >= 0.3 is 0 Å². The molecule has 0 bridgehead atoms. The van der Waals surface area contributed by atoms with Crippen LogP contribution in [0, 0.1) is 5.92 Å². The van der Waals surface area contributed by atoms with Crippen molar-refractivity contribution in [1.82, 2.24) is 9.80 Å². The second-order valence-electron chi connectivity index (χ2n) is 9.16. The molecule has 0 radical (unpaired) electrons. The molecule has 1 saturated heterocycles. The molecule has 2 aliphatic rings. The molecule has 178 valence electrons. The molecule has 2 heterocycles. The van der Waals surface area contributed by atoms with Crippen molar-refractivity contribution < 1.29 is 4.79 Å². The summed E-state index contributed by atoms with van der Waals surface area (Å²) in [6.45, 7) is 7.95. The lowest BCUT2D eigenvalue weighted by molar-refractivity contribution is 0.0767. The molecule has 0 aliphatic carbocycles. The maximum absolute atomic E-state index is 13.0. The van der Waals surface area contributed by atoms with Gasteiger partial charge in [0, 0.05) is 24.7 Å². The molecule has 6 heteroatoms. The monoisotopic (exact) mass is 495 g/mol. The fourth-order valence-corrected chi connectivity index (χ4v) is 5.43. The third-order valence-electron chi connectivity index (χ3n) is 6.66. The van der Waals surface area contributed by atoms with Crippen LogP contribution in [0.2, 0.25) is 10.0 Å². The number of likely N-dealkylation sites (tertiary alicyclic amines) is 1. The first kappa shape index (κ1) is 24.6. The zero-order valence-electron chi connectivity index (χ0n) is 19.4. The summed E-state index contributed by atoms with van der Waals surface area (Å²) in [5, 5.41) is 1.26. The zero-order valence-corrected chi connectivity index (χ0v) is 20.9. The summed E-state index contributed by atoms with van der Waals surface area (Å²) >= 11 is 12.6. The van der Waals surface area contributed by atoms with Gasteiger partial charge in [0.05, 0.1) is 10.6 Å². The predicted octanol–water partition coefficient (Wildman–Crippen LogP) is 5.99. The number of halogens is 2. The second-order valence-corrected chi connectivity index (χ2v) is 10.0. The Bertz CT molecular complexity index is 1100. The maximum Gasteiger partial charge on any atom is 0.256 e. The van der Waals surface area contributed by atoms with Crippen LogP contribution in [0.5, 0.6) is 0 Å². The largest absolute Gasteiger partial charge is 0.405 e. The molecule has 34 heavy (non-hydrogen) atoms. The van der Waals surface area contributed by atoms with Crippen LogP contribution in [-0.4, -0.2) is 35.3 Å². The Morgan fingerprint density at radius 1 is 1.12 bits per heavy atom. The lowest BCUT2D eigenvalue weighted by Crippen LogP contribution is -2.35. The van der Waals surface area contributed by atoms with E-state index in [1.165, 1.54) is 11.1 Å². The van der Waals surface area contributed by atoms with Gasteiger partial charge in [-0.05, 0) is 91.0 Å². The third-order valence-corrected chi connectivity index (χ3v) is 7.21. The minimum atomic E-state index is 0.00437. The fourth-order valence-electron chi connectivity index (χ4n) is 4.96. The van der Waals surface area contributed by atoms with E-state index in [1.54, 1.807) is 12.3 Å². The van der Waals surface area contributed by atoms with Crippen LogP contribution in [0.3, 0.4) is 0 Å². The van der Waals surface area contributed by atoms with Gasteiger partial charge in [0.15, 0.2) is 0 Å². The summed E-state index contributed by atoms with van der Waals surface area (Å²) in [7, 11) is 0. The number of piperidine rings is 1. The zero-order chi connectivity index (χ0) is 24.1. The number of hydrogen-bond acceptors (Lipinski definition) is 3. The Labute approximate surface area is 212 Å². The maximum atomic E-state index is 13.0. The van der Waals surface area contributed by atoms with E-state index in [-0.39, 0.29) is 5.91 Å². The van der Waals surface area contributed by atoms with E-state index in [2.05, 4.69) is 17.5 Å². The highest BCUT2D eigenvalue weighted by Gasteiger charge is 2.30. The number of fused-ring (bicyclic) bond motifs is 1. The van der Waals surface area contributed by atoms with Gasteiger partial charge in [-0.3, -0.25) is 9.69 Å². The van der Waals surface area contributed by atoms with Crippen molar-refractivity contribution in [3.05, 3.63) is 105 Å². The lowest BCUT2D eigenvalue weighted by Gasteiger charge is -2.32. The Morgan fingerprint density at radius 3 is 2.53 bits per heavy atom. The summed E-state index contributed by atoms with van der Waals surface area (Å²) in [5.74, 6) is 0.620. The molecule has 4 nitrogen and oxygen atoms in total. The molecule has 2 aromatic carbocycles. The summed E-state index contributed by atoms with van der Waals surface area (Å²) < 4.78 is 0. The fraction of sp³-hybridized carbons (Fsp3) is 0.321. The van der Waals surface area contributed by atoms with Crippen LogP contribution >= 0.6 is 23.2 Å². The average Bonchev–Trinajstić information content (AvgIpc) is 3.12. The first-order valence-corrected chi connectivity index (χ1v) is 12.5. The van der Waals surface area contributed by atoms with Gasteiger partial charge in [0.25, 0.3) is 5.91 Å². The minimum absolute atomic E-state index is 0.00437. The molecule has 2 aromatic rings. The number of benzene rings is 2. The second kappa shape index (κ2) is 11.3. The number of nitrogens with zero attached hydrogens (tertiary/aromatic N) is 2. The summed E-state index contributed by atoms with van der Waals surface area (Å²) in [6.07, 6.45) is 10.6. The molecule has 0 spiro atoms. The highest BCUT2D eigenvalue weighted by atomic mass is 35.5. The highest BCUT2D eigenvalue weighted by Crippen LogP contribution is 2.33. The van der Waals surface area contributed by atoms with E-state index in [4.69, 9.17) is 28.9 Å². The molecule has 2 N–H and O–H groups in total. The number of amides is 1. The third kappa shape index (κ3) is 5.93. The van der Waals surface area contributed by atoms with E-state index in [0.29, 0.717) is 34.6 Å². The van der Waals surface area contributed by atoms with Crippen LogP contribution in [-0.2, 0) is 19.5 Å². The Balaban J connectivity index is 1.36. The standard InChI is InChI=1S/C28H31Cl2N3O/c1-2-3-21(8-11-31)17-32-12-9-20(10-13-32)14-23-15-24-19-33(28(34)27(24)26(30)16-23)18-22-4-6-25(29)7-5-22/h2-8,11,15-16,20H,1,9-10,12-14,17-19,31H2/b11-8-,21-3+. The molecule has 4 rings (SSSR count).